The Labute approximate surface area is 147 Å². The zero-order valence-corrected chi connectivity index (χ0v) is 13.9. The van der Waals surface area contributed by atoms with Crippen molar-refractivity contribution in [1.82, 2.24) is 19.7 Å². The number of aromatic amines is 1. The second-order valence-electron chi connectivity index (χ2n) is 6.12. The van der Waals surface area contributed by atoms with E-state index >= 15 is 0 Å². The van der Waals surface area contributed by atoms with Crippen molar-refractivity contribution in [3.63, 3.8) is 0 Å². The summed E-state index contributed by atoms with van der Waals surface area (Å²) in [6, 6.07) is 16.5. The number of hydrogen-bond acceptors (Lipinski definition) is 2. The third-order valence-corrected chi connectivity index (χ3v) is 4.20. The van der Waals surface area contributed by atoms with E-state index in [0.29, 0.717) is 16.9 Å². The van der Waals surface area contributed by atoms with Crippen molar-refractivity contribution in [1.29, 1.82) is 0 Å². The maximum atomic E-state index is 12.9. The van der Waals surface area contributed by atoms with Crippen LogP contribution in [0.3, 0.4) is 0 Å². The molecule has 0 atom stereocenters. The molecule has 0 amide bonds. The number of halogens is 3. The highest BCUT2D eigenvalue weighted by molar-refractivity contribution is 5.79. The summed E-state index contributed by atoms with van der Waals surface area (Å²) in [7, 11) is 1.48. The molecule has 4 nitrogen and oxygen atoms in total. The lowest BCUT2D eigenvalue weighted by atomic mass is 10.1. The predicted octanol–water partition coefficient (Wildman–Crippen LogP) is 4.57. The number of aryl methyl sites for hydroxylation is 1. The Morgan fingerprint density at radius 1 is 1.04 bits per heavy atom. The highest BCUT2D eigenvalue weighted by Gasteiger charge is 2.34. The molecule has 0 spiro atoms. The number of rotatable bonds is 3. The van der Waals surface area contributed by atoms with Gasteiger partial charge in [0.25, 0.3) is 0 Å². The Hall–Kier alpha value is -3.09. The molecule has 26 heavy (non-hydrogen) atoms. The SMILES string of the molecule is Cn1nc(C(F)(F)F)cc1-c1ccc2[nH]c(Cc3ccccc3)cc2n1. The Morgan fingerprint density at radius 2 is 1.81 bits per heavy atom. The molecule has 3 aromatic heterocycles. The number of pyridine rings is 1. The largest absolute Gasteiger partial charge is 0.435 e. The van der Waals surface area contributed by atoms with E-state index < -0.39 is 11.9 Å². The molecular weight excluding hydrogens is 341 g/mol. The van der Waals surface area contributed by atoms with Crippen LogP contribution >= 0.6 is 0 Å². The van der Waals surface area contributed by atoms with Crippen LogP contribution in [0.25, 0.3) is 22.4 Å². The molecule has 0 aliphatic carbocycles. The first-order valence-corrected chi connectivity index (χ1v) is 8.04. The van der Waals surface area contributed by atoms with Gasteiger partial charge in [-0.25, -0.2) is 4.98 Å². The smallest absolute Gasteiger partial charge is 0.357 e. The number of fused-ring (bicyclic) bond motifs is 1. The van der Waals surface area contributed by atoms with Gasteiger partial charge in [0.05, 0.1) is 22.4 Å². The lowest BCUT2D eigenvalue weighted by Gasteiger charge is -2.00. The topological polar surface area (TPSA) is 46.5 Å². The fourth-order valence-electron chi connectivity index (χ4n) is 2.96. The summed E-state index contributed by atoms with van der Waals surface area (Å²) in [5.41, 5.74) is 3.58. The lowest BCUT2D eigenvalue weighted by molar-refractivity contribution is -0.141. The van der Waals surface area contributed by atoms with Crippen LogP contribution in [0.4, 0.5) is 13.2 Å². The van der Waals surface area contributed by atoms with Crippen LogP contribution < -0.4 is 0 Å². The number of nitrogens with zero attached hydrogens (tertiary/aromatic N) is 3. The molecule has 0 saturated heterocycles. The van der Waals surface area contributed by atoms with Gasteiger partial charge in [-0.1, -0.05) is 30.3 Å². The van der Waals surface area contributed by atoms with Crippen LogP contribution in [0.15, 0.2) is 54.6 Å². The number of aromatic nitrogens is 4. The van der Waals surface area contributed by atoms with Crippen molar-refractivity contribution in [2.45, 2.75) is 12.6 Å². The first-order chi connectivity index (χ1) is 12.4. The number of hydrogen-bond donors (Lipinski definition) is 1. The maximum absolute atomic E-state index is 12.9. The van der Waals surface area contributed by atoms with Gasteiger partial charge in [-0.3, -0.25) is 4.68 Å². The summed E-state index contributed by atoms with van der Waals surface area (Å²) in [6.07, 6.45) is -3.74. The van der Waals surface area contributed by atoms with Gasteiger partial charge in [0.15, 0.2) is 5.69 Å². The second-order valence-corrected chi connectivity index (χ2v) is 6.12. The van der Waals surface area contributed by atoms with E-state index in [2.05, 4.69) is 15.1 Å². The predicted molar refractivity (Wildman–Crippen MR) is 92.5 cm³/mol. The maximum Gasteiger partial charge on any atom is 0.435 e. The molecule has 7 heteroatoms. The number of alkyl halides is 3. The summed E-state index contributed by atoms with van der Waals surface area (Å²) in [6.45, 7) is 0. The minimum absolute atomic E-state index is 0.324. The lowest BCUT2D eigenvalue weighted by Crippen LogP contribution is -2.06. The molecule has 0 aliphatic rings. The first kappa shape index (κ1) is 16.4. The van der Waals surface area contributed by atoms with Gasteiger partial charge in [-0.15, -0.1) is 0 Å². The molecule has 1 aromatic carbocycles. The van der Waals surface area contributed by atoms with Gasteiger partial charge < -0.3 is 4.98 Å². The van der Waals surface area contributed by atoms with Crippen molar-refractivity contribution in [3.05, 3.63) is 71.5 Å². The van der Waals surface area contributed by atoms with Crippen molar-refractivity contribution < 1.29 is 13.2 Å². The average Bonchev–Trinajstić information content (AvgIpc) is 3.17. The first-order valence-electron chi connectivity index (χ1n) is 8.04. The quantitative estimate of drug-likeness (QED) is 0.584. The Morgan fingerprint density at radius 3 is 2.50 bits per heavy atom. The zero-order valence-electron chi connectivity index (χ0n) is 13.9. The minimum atomic E-state index is -4.48. The van der Waals surface area contributed by atoms with Gasteiger partial charge in [0.2, 0.25) is 0 Å². The Kier molecular flexibility index (Phi) is 3.79. The third kappa shape index (κ3) is 3.08. The molecule has 0 unspecified atom stereocenters. The fourth-order valence-corrected chi connectivity index (χ4v) is 2.96. The van der Waals surface area contributed by atoms with Crippen molar-refractivity contribution in [3.8, 4) is 11.4 Å². The van der Waals surface area contributed by atoms with Crippen molar-refractivity contribution >= 4 is 11.0 Å². The van der Waals surface area contributed by atoms with E-state index in [0.717, 1.165) is 23.7 Å². The van der Waals surface area contributed by atoms with E-state index in [1.807, 2.05) is 42.5 Å². The van der Waals surface area contributed by atoms with Gasteiger partial charge in [-0.2, -0.15) is 18.3 Å². The summed E-state index contributed by atoms with van der Waals surface area (Å²) < 4.78 is 39.8. The van der Waals surface area contributed by atoms with Crippen LogP contribution in [0.5, 0.6) is 0 Å². The summed E-state index contributed by atoms with van der Waals surface area (Å²) in [5.74, 6) is 0. The molecule has 0 radical (unpaired) electrons. The van der Waals surface area contributed by atoms with Crippen LogP contribution in [0, 0.1) is 0 Å². The van der Waals surface area contributed by atoms with E-state index in [1.54, 1.807) is 6.07 Å². The van der Waals surface area contributed by atoms with Gasteiger partial charge in [0.1, 0.15) is 0 Å². The Balaban J connectivity index is 1.69. The minimum Gasteiger partial charge on any atom is -0.357 e. The second kappa shape index (κ2) is 6.01. The number of nitrogens with one attached hydrogen (secondary N) is 1. The van der Waals surface area contributed by atoms with E-state index in [4.69, 9.17) is 0 Å². The van der Waals surface area contributed by atoms with E-state index in [-0.39, 0.29) is 0 Å². The molecular formula is C19H15F3N4. The number of benzene rings is 1. The molecule has 4 aromatic rings. The molecule has 3 heterocycles. The Bertz CT molecular complexity index is 1060. The highest BCUT2D eigenvalue weighted by atomic mass is 19.4. The van der Waals surface area contributed by atoms with Gasteiger partial charge in [-0.05, 0) is 29.8 Å². The summed E-state index contributed by atoms with van der Waals surface area (Å²) >= 11 is 0. The summed E-state index contributed by atoms with van der Waals surface area (Å²) in [5, 5.41) is 3.54. The number of H-pyrrole nitrogens is 1. The molecule has 4 rings (SSSR count). The average molecular weight is 356 g/mol. The molecule has 0 bridgehead atoms. The molecule has 0 aliphatic heterocycles. The molecule has 0 saturated carbocycles. The zero-order chi connectivity index (χ0) is 18.3. The highest BCUT2D eigenvalue weighted by Crippen LogP contribution is 2.31. The van der Waals surface area contributed by atoms with E-state index in [9.17, 15) is 13.2 Å². The molecule has 132 valence electrons. The van der Waals surface area contributed by atoms with Gasteiger partial charge in [0, 0.05) is 19.2 Å². The normalized spacial score (nSPS) is 12.0. The standard InChI is InChI=1S/C19H15F3N4/c1-26-17(11-18(25-26)19(20,21)22)15-8-7-14-16(24-15)10-13(23-14)9-12-5-3-2-4-6-12/h2-8,10-11,23H,9H2,1H3. The molecule has 1 N–H and O–H groups in total. The van der Waals surface area contributed by atoms with E-state index in [1.165, 1.54) is 17.3 Å². The summed E-state index contributed by atoms with van der Waals surface area (Å²) in [4.78, 5) is 7.81. The van der Waals surface area contributed by atoms with Crippen LogP contribution in [0.1, 0.15) is 17.0 Å². The van der Waals surface area contributed by atoms with Crippen molar-refractivity contribution in [2.24, 2.45) is 7.05 Å². The van der Waals surface area contributed by atoms with Crippen LogP contribution in [-0.4, -0.2) is 19.7 Å². The fraction of sp³-hybridized carbons (Fsp3) is 0.158. The monoisotopic (exact) mass is 356 g/mol. The third-order valence-electron chi connectivity index (χ3n) is 4.20. The van der Waals surface area contributed by atoms with Crippen LogP contribution in [0.2, 0.25) is 0 Å². The van der Waals surface area contributed by atoms with Crippen molar-refractivity contribution in [2.75, 3.05) is 0 Å². The molecule has 0 fully saturated rings. The van der Waals surface area contributed by atoms with Crippen LogP contribution in [-0.2, 0) is 19.6 Å². The van der Waals surface area contributed by atoms with Gasteiger partial charge >= 0.3 is 6.18 Å².